The highest BCUT2D eigenvalue weighted by Crippen LogP contribution is 2.29. The van der Waals surface area contributed by atoms with E-state index in [2.05, 4.69) is 33.2 Å². The Balaban J connectivity index is 2.11. The van der Waals surface area contributed by atoms with Gasteiger partial charge in [-0.15, -0.1) is 11.3 Å². The molecule has 0 radical (unpaired) electrons. The third-order valence-electron chi connectivity index (χ3n) is 2.36. The van der Waals surface area contributed by atoms with Gasteiger partial charge in [0, 0.05) is 17.3 Å². The molecule has 1 aromatic carbocycles. The Morgan fingerprint density at radius 1 is 1.47 bits per heavy atom. The van der Waals surface area contributed by atoms with Gasteiger partial charge in [-0.25, -0.2) is 4.98 Å². The number of nitrogens with zero attached hydrogens (tertiary/aromatic N) is 1. The van der Waals surface area contributed by atoms with E-state index >= 15 is 0 Å². The molecule has 1 unspecified atom stereocenters. The lowest BCUT2D eigenvalue weighted by atomic mass is 10.2. The normalized spacial score (nSPS) is 12.2. The number of halogens is 1. The average molecular weight is 313 g/mol. The van der Waals surface area contributed by atoms with Crippen LogP contribution in [0.15, 0.2) is 34.2 Å². The lowest BCUT2D eigenvalue weighted by Crippen LogP contribution is -2.06. The molecule has 1 atom stereocenters. The molecule has 17 heavy (non-hydrogen) atoms. The monoisotopic (exact) mass is 312 g/mol. The first-order valence-corrected chi connectivity index (χ1v) is 6.87. The van der Waals surface area contributed by atoms with Gasteiger partial charge in [0.1, 0.15) is 10.8 Å². The molecule has 0 spiro atoms. The first-order chi connectivity index (χ1) is 8.20. The molecule has 1 aromatic heterocycles. The van der Waals surface area contributed by atoms with Gasteiger partial charge in [-0.3, -0.25) is 0 Å². The van der Waals surface area contributed by atoms with Crippen molar-refractivity contribution in [2.75, 3.05) is 12.4 Å². The van der Waals surface area contributed by atoms with Crippen LogP contribution in [0.1, 0.15) is 18.0 Å². The predicted octanol–water partition coefficient (Wildman–Crippen LogP) is 4.09. The van der Waals surface area contributed by atoms with E-state index in [1.807, 2.05) is 29.8 Å². The second-order valence-electron chi connectivity index (χ2n) is 3.59. The lowest BCUT2D eigenvalue weighted by Gasteiger charge is -2.13. The smallest absolute Gasteiger partial charge is 0.133 e. The summed E-state index contributed by atoms with van der Waals surface area (Å²) in [6, 6.07) is 6.13. The summed E-state index contributed by atoms with van der Waals surface area (Å²) in [5.41, 5.74) is 1.04. The second kappa shape index (κ2) is 5.51. The maximum absolute atomic E-state index is 5.19. The summed E-state index contributed by atoms with van der Waals surface area (Å²) < 4.78 is 6.13. The number of nitrogens with one attached hydrogen (secondary N) is 1. The van der Waals surface area contributed by atoms with Crippen LogP contribution in [0.25, 0.3) is 0 Å². The number of benzene rings is 1. The van der Waals surface area contributed by atoms with E-state index in [4.69, 9.17) is 4.74 Å². The molecule has 0 amide bonds. The maximum Gasteiger partial charge on any atom is 0.133 e. The van der Waals surface area contributed by atoms with Crippen LogP contribution in [0.4, 0.5) is 5.69 Å². The molecule has 3 nitrogen and oxygen atoms in total. The molecule has 0 fully saturated rings. The van der Waals surface area contributed by atoms with E-state index in [9.17, 15) is 0 Å². The van der Waals surface area contributed by atoms with Crippen LogP contribution in [-0.4, -0.2) is 12.1 Å². The highest BCUT2D eigenvalue weighted by Gasteiger charge is 2.08. The third-order valence-corrected chi connectivity index (χ3v) is 3.93. The molecule has 0 saturated carbocycles. The minimum Gasteiger partial charge on any atom is -0.496 e. The van der Waals surface area contributed by atoms with Crippen molar-refractivity contribution < 1.29 is 4.74 Å². The molecule has 0 aliphatic carbocycles. The zero-order valence-electron chi connectivity index (χ0n) is 9.61. The van der Waals surface area contributed by atoms with Gasteiger partial charge in [-0.05, 0) is 41.1 Å². The standard InChI is InChI=1S/C12H13BrN2OS/c1-8(12-14-5-6-17-12)15-9-3-4-11(16-2)10(13)7-9/h3-8,15H,1-2H3. The van der Waals surface area contributed by atoms with Crippen LogP contribution in [0.3, 0.4) is 0 Å². The summed E-state index contributed by atoms with van der Waals surface area (Å²) in [6.07, 6.45) is 1.82. The average Bonchev–Trinajstić information content (AvgIpc) is 2.82. The van der Waals surface area contributed by atoms with Crippen LogP contribution in [-0.2, 0) is 0 Å². The second-order valence-corrected chi connectivity index (χ2v) is 5.37. The largest absolute Gasteiger partial charge is 0.496 e. The number of hydrogen-bond donors (Lipinski definition) is 1. The molecule has 0 aliphatic heterocycles. The number of hydrogen-bond acceptors (Lipinski definition) is 4. The van der Waals surface area contributed by atoms with Crippen molar-refractivity contribution in [3.05, 3.63) is 39.3 Å². The van der Waals surface area contributed by atoms with Gasteiger partial charge in [-0.2, -0.15) is 0 Å². The number of rotatable bonds is 4. The first kappa shape index (κ1) is 12.4. The van der Waals surface area contributed by atoms with Crippen LogP contribution < -0.4 is 10.1 Å². The SMILES string of the molecule is COc1ccc(NC(C)c2nccs2)cc1Br. The highest BCUT2D eigenvalue weighted by molar-refractivity contribution is 9.10. The Hall–Kier alpha value is -1.07. The first-order valence-electron chi connectivity index (χ1n) is 5.20. The van der Waals surface area contributed by atoms with Crippen LogP contribution >= 0.6 is 27.3 Å². The molecule has 2 aromatic rings. The van der Waals surface area contributed by atoms with E-state index in [-0.39, 0.29) is 6.04 Å². The zero-order chi connectivity index (χ0) is 12.3. The summed E-state index contributed by atoms with van der Waals surface area (Å²) in [5.74, 6) is 0.831. The Morgan fingerprint density at radius 2 is 2.29 bits per heavy atom. The zero-order valence-corrected chi connectivity index (χ0v) is 12.0. The molecule has 1 N–H and O–H groups in total. The molecule has 90 valence electrons. The molecule has 2 rings (SSSR count). The number of thiazole rings is 1. The van der Waals surface area contributed by atoms with E-state index in [1.165, 1.54) is 0 Å². The Bertz CT molecular complexity index is 487. The molecule has 0 aliphatic rings. The summed E-state index contributed by atoms with van der Waals surface area (Å²) in [4.78, 5) is 4.29. The third kappa shape index (κ3) is 2.98. The van der Waals surface area contributed by atoms with Crippen molar-refractivity contribution in [2.45, 2.75) is 13.0 Å². The summed E-state index contributed by atoms with van der Waals surface area (Å²) in [7, 11) is 1.66. The van der Waals surface area contributed by atoms with Gasteiger partial charge in [0.25, 0.3) is 0 Å². The number of aromatic nitrogens is 1. The molecular weight excluding hydrogens is 300 g/mol. The van der Waals surface area contributed by atoms with Gasteiger partial charge in [0.05, 0.1) is 17.6 Å². The van der Waals surface area contributed by atoms with Gasteiger partial charge in [-0.1, -0.05) is 0 Å². The van der Waals surface area contributed by atoms with Gasteiger partial charge in [0.2, 0.25) is 0 Å². The highest BCUT2D eigenvalue weighted by atomic mass is 79.9. The fraction of sp³-hybridized carbons (Fsp3) is 0.250. The Kier molecular flexibility index (Phi) is 4.02. The Morgan fingerprint density at radius 3 is 2.88 bits per heavy atom. The maximum atomic E-state index is 5.19. The van der Waals surface area contributed by atoms with Crippen molar-refractivity contribution in [3.63, 3.8) is 0 Å². The molecular formula is C12H13BrN2OS. The van der Waals surface area contributed by atoms with Crippen molar-refractivity contribution in [2.24, 2.45) is 0 Å². The van der Waals surface area contributed by atoms with Crippen LogP contribution in [0.5, 0.6) is 5.75 Å². The quantitative estimate of drug-likeness (QED) is 0.923. The minimum atomic E-state index is 0.204. The summed E-state index contributed by atoms with van der Waals surface area (Å²) >= 11 is 5.12. The topological polar surface area (TPSA) is 34.1 Å². The van der Waals surface area contributed by atoms with Gasteiger partial charge < -0.3 is 10.1 Å². The van der Waals surface area contributed by atoms with Crippen LogP contribution in [0.2, 0.25) is 0 Å². The van der Waals surface area contributed by atoms with Crippen LogP contribution in [0, 0.1) is 0 Å². The van der Waals surface area contributed by atoms with Gasteiger partial charge >= 0.3 is 0 Å². The van der Waals surface area contributed by atoms with E-state index in [1.54, 1.807) is 18.4 Å². The Labute approximate surface area is 113 Å². The predicted molar refractivity (Wildman–Crippen MR) is 74.8 cm³/mol. The number of methoxy groups -OCH3 is 1. The minimum absolute atomic E-state index is 0.204. The molecule has 0 bridgehead atoms. The van der Waals surface area contributed by atoms with Crippen molar-refractivity contribution in [1.82, 2.24) is 4.98 Å². The van der Waals surface area contributed by atoms with Crippen molar-refractivity contribution >= 4 is 33.0 Å². The van der Waals surface area contributed by atoms with Crippen molar-refractivity contribution in [1.29, 1.82) is 0 Å². The molecule has 0 saturated heterocycles. The fourth-order valence-electron chi connectivity index (χ4n) is 1.52. The van der Waals surface area contributed by atoms with E-state index < -0.39 is 0 Å². The van der Waals surface area contributed by atoms with E-state index in [0.29, 0.717) is 0 Å². The fourth-order valence-corrected chi connectivity index (χ4v) is 2.70. The molecule has 1 heterocycles. The van der Waals surface area contributed by atoms with E-state index in [0.717, 1.165) is 20.9 Å². The summed E-state index contributed by atoms with van der Waals surface area (Å²) in [5, 5.41) is 6.46. The lowest BCUT2D eigenvalue weighted by molar-refractivity contribution is 0.412. The van der Waals surface area contributed by atoms with Gasteiger partial charge in [0.15, 0.2) is 0 Å². The van der Waals surface area contributed by atoms with Crippen molar-refractivity contribution in [3.8, 4) is 5.75 Å². The number of ether oxygens (including phenoxy) is 1. The number of anilines is 1. The molecule has 5 heteroatoms. The summed E-state index contributed by atoms with van der Waals surface area (Å²) in [6.45, 7) is 2.09.